The zero-order valence-electron chi connectivity index (χ0n) is 14.2. The number of aryl methyl sites for hydroxylation is 1. The molecule has 0 heterocycles. The second kappa shape index (κ2) is 7.27. The van der Waals surface area contributed by atoms with Gasteiger partial charge in [-0.3, -0.25) is 4.79 Å². The molecule has 3 aromatic carbocycles. The van der Waals surface area contributed by atoms with Gasteiger partial charge in [-0.05, 0) is 40.8 Å². The standard InChI is InChI=1S/C23H22O/c1-17-7-5-8-19(15-17)13-14-21(24)16-18(2)22-12-6-10-20-9-3-4-11-23(20)22/h3-15,18H,16H2,1-2H3/b14-13+/t18-/m0/s1. The second-order valence-electron chi connectivity index (χ2n) is 6.39. The fourth-order valence-corrected chi connectivity index (χ4v) is 3.12. The first-order valence-electron chi connectivity index (χ1n) is 8.39. The number of rotatable bonds is 5. The van der Waals surface area contributed by atoms with E-state index in [1.54, 1.807) is 6.08 Å². The van der Waals surface area contributed by atoms with Crippen molar-refractivity contribution in [3.8, 4) is 0 Å². The summed E-state index contributed by atoms with van der Waals surface area (Å²) in [4.78, 5) is 12.3. The van der Waals surface area contributed by atoms with Gasteiger partial charge in [0.1, 0.15) is 0 Å². The number of benzene rings is 3. The summed E-state index contributed by atoms with van der Waals surface area (Å²) >= 11 is 0. The number of ketones is 1. The normalized spacial score (nSPS) is 12.6. The highest BCUT2D eigenvalue weighted by molar-refractivity contribution is 5.95. The van der Waals surface area contributed by atoms with E-state index in [4.69, 9.17) is 0 Å². The summed E-state index contributed by atoms with van der Waals surface area (Å²) in [5.74, 6) is 0.364. The zero-order valence-corrected chi connectivity index (χ0v) is 14.2. The lowest BCUT2D eigenvalue weighted by molar-refractivity contribution is -0.114. The van der Waals surface area contributed by atoms with Crippen LogP contribution in [0, 0.1) is 6.92 Å². The molecule has 0 fully saturated rings. The van der Waals surface area contributed by atoms with Gasteiger partial charge in [0.15, 0.2) is 5.78 Å². The van der Waals surface area contributed by atoms with E-state index in [1.807, 2.05) is 24.3 Å². The van der Waals surface area contributed by atoms with Crippen LogP contribution in [-0.2, 0) is 4.79 Å². The van der Waals surface area contributed by atoms with Crippen molar-refractivity contribution in [2.24, 2.45) is 0 Å². The molecule has 0 aliphatic carbocycles. The van der Waals surface area contributed by atoms with Crippen LogP contribution in [0.3, 0.4) is 0 Å². The van der Waals surface area contributed by atoms with Gasteiger partial charge in [-0.1, -0.05) is 85.3 Å². The topological polar surface area (TPSA) is 17.1 Å². The first-order valence-corrected chi connectivity index (χ1v) is 8.39. The molecule has 0 N–H and O–H groups in total. The molecule has 120 valence electrons. The molecule has 0 radical (unpaired) electrons. The Morgan fingerprint density at radius 2 is 1.75 bits per heavy atom. The number of hydrogen-bond donors (Lipinski definition) is 0. The van der Waals surface area contributed by atoms with Gasteiger partial charge < -0.3 is 0 Å². The second-order valence-corrected chi connectivity index (χ2v) is 6.39. The van der Waals surface area contributed by atoms with Crippen molar-refractivity contribution in [2.45, 2.75) is 26.2 Å². The maximum absolute atomic E-state index is 12.3. The molecule has 1 nitrogen and oxygen atoms in total. The van der Waals surface area contributed by atoms with Crippen LogP contribution < -0.4 is 0 Å². The smallest absolute Gasteiger partial charge is 0.156 e. The van der Waals surface area contributed by atoms with E-state index in [9.17, 15) is 4.79 Å². The predicted octanol–water partition coefficient (Wildman–Crippen LogP) is 5.92. The lowest BCUT2D eigenvalue weighted by Gasteiger charge is -2.13. The summed E-state index contributed by atoms with van der Waals surface area (Å²) in [5, 5.41) is 2.47. The Morgan fingerprint density at radius 1 is 1.00 bits per heavy atom. The van der Waals surface area contributed by atoms with Gasteiger partial charge in [-0.25, -0.2) is 0 Å². The SMILES string of the molecule is Cc1cccc(/C=C/C(=O)C[C@H](C)c2cccc3ccccc23)c1. The molecule has 0 saturated carbocycles. The molecule has 0 spiro atoms. The Labute approximate surface area is 143 Å². The monoisotopic (exact) mass is 314 g/mol. The molecule has 0 aliphatic heterocycles. The maximum atomic E-state index is 12.3. The summed E-state index contributed by atoms with van der Waals surface area (Å²) in [6, 6.07) is 22.8. The quantitative estimate of drug-likeness (QED) is 0.534. The van der Waals surface area contributed by atoms with E-state index in [1.165, 1.54) is 21.9 Å². The van der Waals surface area contributed by atoms with Crippen molar-refractivity contribution in [1.29, 1.82) is 0 Å². The number of carbonyl (C=O) groups excluding carboxylic acids is 1. The number of allylic oxidation sites excluding steroid dienone is 1. The molecule has 0 saturated heterocycles. The van der Waals surface area contributed by atoms with E-state index in [2.05, 4.69) is 62.4 Å². The van der Waals surface area contributed by atoms with Crippen LogP contribution in [0.4, 0.5) is 0 Å². The summed E-state index contributed by atoms with van der Waals surface area (Å²) in [6.07, 6.45) is 4.14. The third-order valence-corrected chi connectivity index (χ3v) is 4.37. The first kappa shape index (κ1) is 16.2. The zero-order chi connectivity index (χ0) is 16.9. The minimum absolute atomic E-state index is 0.164. The van der Waals surface area contributed by atoms with Gasteiger partial charge in [-0.2, -0.15) is 0 Å². The Kier molecular flexibility index (Phi) is 4.90. The fourth-order valence-electron chi connectivity index (χ4n) is 3.12. The van der Waals surface area contributed by atoms with Crippen molar-refractivity contribution >= 4 is 22.6 Å². The Hall–Kier alpha value is -2.67. The van der Waals surface area contributed by atoms with E-state index in [0.717, 1.165) is 5.56 Å². The lowest BCUT2D eigenvalue weighted by atomic mass is 9.91. The Bertz CT molecular complexity index is 884. The minimum atomic E-state index is 0.164. The van der Waals surface area contributed by atoms with Crippen LogP contribution in [0.25, 0.3) is 16.8 Å². The van der Waals surface area contributed by atoms with Crippen molar-refractivity contribution in [3.63, 3.8) is 0 Å². The van der Waals surface area contributed by atoms with Gasteiger partial charge in [0.2, 0.25) is 0 Å². The highest BCUT2D eigenvalue weighted by Gasteiger charge is 2.12. The van der Waals surface area contributed by atoms with Gasteiger partial charge in [0.05, 0.1) is 0 Å². The average Bonchev–Trinajstić information content (AvgIpc) is 2.59. The highest BCUT2D eigenvalue weighted by Crippen LogP contribution is 2.27. The third kappa shape index (κ3) is 3.80. The average molecular weight is 314 g/mol. The van der Waals surface area contributed by atoms with E-state index >= 15 is 0 Å². The molecule has 0 amide bonds. The van der Waals surface area contributed by atoms with Crippen LogP contribution in [0.15, 0.2) is 72.8 Å². The molecular formula is C23H22O. The fraction of sp³-hybridized carbons (Fsp3) is 0.174. The third-order valence-electron chi connectivity index (χ3n) is 4.37. The van der Waals surface area contributed by atoms with E-state index in [0.29, 0.717) is 6.42 Å². The maximum Gasteiger partial charge on any atom is 0.156 e. The van der Waals surface area contributed by atoms with Crippen LogP contribution in [0.2, 0.25) is 0 Å². The van der Waals surface area contributed by atoms with Crippen LogP contribution in [0.5, 0.6) is 0 Å². The van der Waals surface area contributed by atoms with Crippen LogP contribution in [-0.4, -0.2) is 5.78 Å². The van der Waals surface area contributed by atoms with E-state index in [-0.39, 0.29) is 11.7 Å². The largest absolute Gasteiger partial charge is 0.295 e. The molecule has 1 atom stereocenters. The molecule has 0 aliphatic rings. The molecule has 1 heteroatoms. The molecule has 0 unspecified atom stereocenters. The summed E-state index contributed by atoms with van der Waals surface area (Å²) < 4.78 is 0. The van der Waals surface area contributed by atoms with Gasteiger partial charge in [0.25, 0.3) is 0 Å². The van der Waals surface area contributed by atoms with Crippen molar-refractivity contribution < 1.29 is 4.79 Å². The number of carbonyl (C=O) groups is 1. The summed E-state index contributed by atoms with van der Waals surface area (Å²) in [6.45, 7) is 4.18. The number of hydrogen-bond acceptors (Lipinski definition) is 1. The van der Waals surface area contributed by atoms with Gasteiger partial charge >= 0.3 is 0 Å². The summed E-state index contributed by atoms with van der Waals surface area (Å²) in [7, 11) is 0. The molecule has 24 heavy (non-hydrogen) atoms. The molecule has 0 aromatic heterocycles. The van der Waals surface area contributed by atoms with Crippen molar-refractivity contribution in [3.05, 3.63) is 89.5 Å². The molecular weight excluding hydrogens is 292 g/mol. The first-order chi connectivity index (χ1) is 11.6. The Balaban J connectivity index is 1.74. The van der Waals surface area contributed by atoms with Crippen molar-refractivity contribution in [1.82, 2.24) is 0 Å². The van der Waals surface area contributed by atoms with Crippen LogP contribution >= 0.6 is 0 Å². The summed E-state index contributed by atoms with van der Waals surface area (Å²) in [5.41, 5.74) is 3.51. The molecule has 0 bridgehead atoms. The van der Waals surface area contributed by atoms with Gasteiger partial charge in [0, 0.05) is 6.42 Å². The lowest BCUT2D eigenvalue weighted by Crippen LogP contribution is -2.02. The minimum Gasteiger partial charge on any atom is -0.295 e. The Morgan fingerprint density at radius 3 is 2.58 bits per heavy atom. The van der Waals surface area contributed by atoms with Gasteiger partial charge in [-0.15, -0.1) is 0 Å². The predicted molar refractivity (Wildman–Crippen MR) is 102 cm³/mol. The number of fused-ring (bicyclic) bond motifs is 1. The molecule has 3 aromatic rings. The molecule has 3 rings (SSSR count). The highest BCUT2D eigenvalue weighted by atomic mass is 16.1. The van der Waals surface area contributed by atoms with Crippen LogP contribution in [0.1, 0.15) is 36.0 Å². The van der Waals surface area contributed by atoms with E-state index < -0.39 is 0 Å². The van der Waals surface area contributed by atoms with Crippen molar-refractivity contribution in [2.75, 3.05) is 0 Å².